The van der Waals surface area contributed by atoms with Crippen LogP contribution < -0.4 is 10.6 Å². The summed E-state index contributed by atoms with van der Waals surface area (Å²) in [5, 5.41) is 5.71. The zero-order valence-corrected chi connectivity index (χ0v) is 15.7. The van der Waals surface area contributed by atoms with Gasteiger partial charge in [0.2, 0.25) is 5.91 Å². The molecule has 0 aliphatic heterocycles. The number of nitrogens with zero attached hydrogens (tertiary/aromatic N) is 1. The van der Waals surface area contributed by atoms with Gasteiger partial charge >= 0.3 is 0 Å². The Bertz CT molecular complexity index is 1030. The first-order valence-electron chi connectivity index (χ1n) is 9.48. The quantitative estimate of drug-likeness (QED) is 0.637. The number of rotatable bonds is 7. The lowest BCUT2D eigenvalue weighted by molar-refractivity contribution is -0.116. The lowest BCUT2D eigenvalue weighted by Crippen LogP contribution is -2.25. The van der Waals surface area contributed by atoms with Gasteiger partial charge in [-0.2, -0.15) is 0 Å². The molecule has 4 rings (SSSR count). The molecule has 1 aliphatic rings. The van der Waals surface area contributed by atoms with Gasteiger partial charge in [0.15, 0.2) is 11.7 Å². The van der Waals surface area contributed by atoms with E-state index in [0.29, 0.717) is 29.3 Å². The van der Waals surface area contributed by atoms with Gasteiger partial charge < -0.3 is 15.1 Å². The lowest BCUT2D eigenvalue weighted by atomic mass is 10.2. The Hall–Kier alpha value is -3.48. The van der Waals surface area contributed by atoms with Crippen molar-refractivity contribution in [1.82, 2.24) is 10.3 Å². The maximum atomic E-state index is 13.0. The second-order valence-corrected chi connectivity index (χ2v) is 7.00. The summed E-state index contributed by atoms with van der Waals surface area (Å²) in [6, 6.07) is 13.1. The second kappa shape index (κ2) is 8.26. The minimum atomic E-state index is -0.320. The third-order valence-corrected chi connectivity index (χ3v) is 4.57. The molecule has 0 saturated heterocycles. The average Bonchev–Trinajstić information content (AvgIpc) is 3.41. The number of aromatic nitrogens is 1. The smallest absolute Gasteiger partial charge is 0.251 e. The van der Waals surface area contributed by atoms with Crippen LogP contribution in [0.3, 0.4) is 0 Å². The number of nitrogens with one attached hydrogen (secondary N) is 2. The first kappa shape index (κ1) is 18.9. The van der Waals surface area contributed by atoms with Gasteiger partial charge in [-0.25, -0.2) is 9.37 Å². The molecular formula is C22H20FN3O3. The van der Waals surface area contributed by atoms with E-state index < -0.39 is 0 Å². The van der Waals surface area contributed by atoms with Crippen LogP contribution in [-0.2, 0) is 11.2 Å². The van der Waals surface area contributed by atoms with Crippen molar-refractivity contribution in [2.24, 2.45) is 0 Å². The molecule has 29 heavy (non-hydrogen) atoms. The molecule has 2 aromatic carbocycles. The number of benzene rings is 2. The van der Waals surface area contributed by atoms with E-state index in [1.54, 1.807) is 42.6 Å². The van der Waals surface area contributed by atoms with E-state index in [1.807, 2.05) is 0 Å². The Balaban J connectivity index is 1.31. The number of carbonyl (C=O) groups is 2. The molecule has 0 spiro atoms. The number of amides is 2. The van der Waals surface area contributed by atoms with Gasteiger partial charge in [0.25, 0.3) is 5.91 Å². The van der Waals surface area contributed by atoms with Crippen molar-refractivity contribution in [3.8, 4) is 11.3 Å². The van der Waals surface area contributed by atoms with Gasteiger partial charge in [-0.05, 0) is 55.3 Å². The summed E-state index contributed by atoms with van der Waals surface area (Å²) >= 11 is 0. The van der Waals surface area contributed by atoms with Gasteiger partial charge in [0, 0.05) is 35.7 Å². The highest BCUT2D eigenvalue weighted by Crippen LogP contribution is 2.22. The first-order valence-corrected chi connectivity index (χ1v) is 9.48. The number of carbonyl (C=O) groups excluding carboxylic acids is 2. The van der Waals surface area contributed by atoms with E-state index in [4.69, 9.17) is 4.42 Å². The van der Waals surface area contributed by atoms with Crippen LogP contribution in [-0.4, -0.2) is 22.8 Å². The normalized spacial score (nSPS) is 13.1. The number of oxazole rings is 1. The molecular weight excluding hydrogens is 373 g/mol. The predicted molar refractivity (Wildman–Crippen MR) is 106 cm³/mol. The van der Waals surface area contributed by atoms with E-state index in [1.165, 1.54) is 12.1 Å². The zero-order chi connectivity index (χ0) is 20.2. The summed E-state index contributed by atoms with van der Waals surface area (Å²) in [5.41, 5.74) is 1.81. The fourth-order valence-electron chi connectivity index (χ4n) is 2.85. The molecule has 7 heteroatoms. The fourth-order valence-corrected chi connectivity index (χ4v) is 2.85. The lowest BCUT2D eigenvalue weighted by Gasteiger charge is -2.07. The minimum Gasteiger partial charge on any atom is -0.441 e. The Labute approximate surface area is 167 Å². The maximum absolute atomic E-state index is 13.0. The molecule has 1 aromatic heterocycles. The van der Waals surface area contributed by atoms with Crippen LogP contribution in [0.1, 0.15) is 35.5 Å². The van der Waals surface area contributed by atoms with Crippen LogP contribution >= 0.6 is 0 Å². The third kappa shape index (κ3) is 5.07. The summed E-state index contributed by atoms with van der Waals surface area (Å²) < 4.78 is 18.6. The monoisotopic (exact) mass is 393 g/mol. The molecule has 148 valence electrons. The summed E-state index contributed by atoms with van der Waals surface area (Å²) in [6.07, 6.45) is 4.11. The van der Waals surface area contributed by atoms with Crippen LogP contribution in [0.4, 0.5) is 10.1 Å². The van der Waals surface area contributed by atoms with Gasteiger partial charge in [0.05, 0.1) is 6.20 Å². The van der Waals surface area contributed by atoms with E-state index >= 15 is 0 Å². The standard InChI is InChI=1S/C22H20FN3O3/c23-16-6-4-14(5-7-16)19-13-24-21(29-19)11-10-20(27)25-18-3-1-2-15(12-18)22(28)26-17-8-9-17/h1-7,12-13,17H,8-11H2,(H,25,27)(H,26,28). The van der Waals surface area contributed by atoms with Gasteiger partial charge in [-0.3, -0.25) is 9.59 Å². The van der Waals surface area contributed by atoms with Crippen LogP contribution in [0.15, 0.2) is 59.1 Å². The van der Waals surface area contributed by atoms with Gasteiger partial charge in [-0.1, -0.05) is 6.07 Å². The highest BCUT2D eigenvalue weighted by molar-refractivity contribution is 5.97. The third-order valence-electron chi connectivity index (χ3n) is 4.57. The van der Waals surface area contributed by atoms with Crippen molar-refractivity contribution in [3.63, 3.8) is 0 Å². The molecule has 0 unspecified atom stereocenters. The molecule has 2 amide bonds. The van der Waals surface area contributed by atoms with Crippen molar-refractivity contribution >= 4 is 17.5 Å². The molecule has 3 aromatic rings. The van der Waals surface area contributed by atoms with Crippen LogP contribution in [0.2, 0.25) is 0 Å². The molecule has 0 bridgehead atoms. The number of halogens is 1. The zero-order valence-electron chi connectivity index (χ0n) is 15.7. The Morgan fingerprint density at radius 2 is 1.93 bits per heavy atom. The average molecular weight is 393 g/mol. The van der Waals surface area contributed by atoms with Gasteiger partial charge in [0.1, 0.15) is 5.82 Å². The molecule has 2 N–H and O–H groups in total. The molecule has 1 fully saturated rings. The second-order valence-electron chi connectivity index (χ2n) is 7.00. The molecule has 0 atom stereocenters. The first-order chi connectivity index (χ1) is 14.1. The molecule has 0 radical (unpaired) electrons. The van der Waals surface area contributed by atoms with Crippen molar-refractivity contribution in [2.75, 3.05) is 5.32 Å². The van der Waals surface area contributed by atoms with Crippen LogP contribution in [0.25, 0.3) is 11.3 Å². The van der Waals surface area contributed by atoms with E-state index in [9.17, 15) is 14.0 Å². The Morgan fingerprint density at radius 1 is 1.14 bits per heavy atom. The van der Waals surface area contributed by atoms with Crippen molar-refractivity contribution in [1.29, 1.82) is 0 Å². The van der Waals surface area contributed by atoms with E-state index in [0.717, 1.165) is 18.4 Å². The van der Waals surface area contributed by atoms with Crippen molar-refractivity contribution in [3.05, 3.63) is 72.0 Å². The number of anilines is 1. The largest absolute Gasteiger partial charge is 0.441 e. The summed E-state index contributed by atoms with van der Waals surface area (Å²) in [7, 11) is 0. The predicted octanol–water partition coefficient (Wildman–Crippen LogP) is 3.94. The van der Waals surface area contributed by atoms with E-state index in [-0.39, 0.29) is 30.1 Å². The molecule has 1 heterocycles. The summed E-state index contributed by atoms with van der Waals surface area (Å²) in [4.78, 5) is 28.5. The Kier molecular flexibility index (Phi) is 5.37. The van der Waals surface area contributed by atoms with Crippen molar-refractivity contribution in [2.45, 2.75) is 31.7 Å². The van der Waals surface area contributed by atoms with Crippen LogP contribution in [0, 0.1) is 5.82 Å². The molecule has 1 saturated carbocycles. The Morgan fingerprint density at radius 3 is 2.69 bits per heavy atom. The summed E-state index contributed by atoms with van der Waals surface area (Å²) in [5.74, 6) is 0.300. The highest BCUT2D eigenvalue weighted by atomic mass is 19.1. The SMILES string of the molecule is O=C(CCc1ncc(-c2ccc(F)cc2)o1)Nc1cccc(C(=O)NC2CC2)c1. The van der Waals surface area contributed by atoms with Crippen molar-refractivity contribution < 1.29 is 18.4 Å². The molecule has 6 nitrogen and oxygen atoms in total. The fraction of sp³-hybridized carbons (Fsp3) is 0.227. The minimum absolute atomic E-state index is 0.128. The highest BCUT2D eigenvalue weighted by Gasteiger charge is 2.23. The number of hydrogen-bond donors (Lipinski definition) is 2. The topological polar surface area (TPSA) is 84.2 Å². The van der Waals surface area contributed by atoms with Crippen LogP contribution in [0.5, 0.6) is 0 Å². The number of aryl methyl sites for hydroxylation is 1. The van der Waals surface area contributed by atoms with Gasteiger partial charge in [-0.15, -0.1) is 0 Å². The summed E-state index contributed by atoms with van der Waals surface area (Å²) in [6.45, 7) is 0. The maximum Gasteiger partial charge on any atom is 0.251 e. The molecule has 1 aliphatic carbocycles. The van der Waals surface area contributed by atoms with E-state index in [2.05, 4.69) is 15.6 Å². The number of hydrogen-bond acceptors (Lipinski definition) is 4.